The monoisotopic (exact) mass is 310 g/mol. The number of benzene rings is 1. The number of H-pyrrole nitrogens is 1. The molecule has 6 heteroatoms. The van der Waals surface area contributed by atoms with E-state index >= 15 is 0 Å². The van der Waals surface area contributed by atoms with Gasteiger partial charge in [0.2, 0.25) is 5.95 Å². The second kappa shape index (κ2) is 6.24. The summed E-state index contributed by atoms with van der Waals surface area (Å²) in [6, 6.07) is 10.5. The average molecular weight is 310 g/mol. The lowest BCUT2D eigenvalue weighted by atomic mass is 10.0. The maximum absolute atomic E-state index is 4.35. The van der Waals surface area contributed by atoms with Crippen LogP contribution in [-0.2, 0) is 13.5 Å². The summed E-state index contributed by atoms with van der Waals surface area (Å²) >= 11 is 0. The van der Waals surface area contributed by atoms with Gasteiger partial charge in [0, 0.05) is 38.1 Å². The van der Waals surface area contributed by atoms with E-state index in [1.165, 1.54) is 5.56 Å². The third kappa shape index (κ3) is 3.11. The number of rotatable bonds is 5. The van der Waals surface area contributed by atoms with Gasteiger partial charge in [-0.1, -0.05) is 26.0 Å². The van der Waals surface area contributed by atoms with Gasteiger partial charge >= 0.3 is 0 Å². The van der Waals surface area contributed by atoms with Crippen LogP contribution in [0.2, 0.25) is 0 Å². The fourth-order valence-electron chi connectivity index (χ4n) is 2.56. The van der Waals surface area contributed by atoms with Crippen LogP contribution in [-0.4, -0.2) is 32.0 Å². The standard InChI is InChI=1S/C17H22N6/c1-12(2)13-6-5-7-15(10-13)22(3)17-21-20-16(23(17)4)11-14-8-9-18-19-14/h5-10,12H,11H2,1-4H3,(H,18,19). The van der Waals surface area contributed by atoms with E-state index in [9.17, 15) is 0 Å². The Morgan fingerprint density at radius 3 is 2.74 bits per heavy atom. The Bertz CT molecular complexity index is 772. The molecule has 0 aliphatic rings. The third-order valence-corrected chi connectivity index (χ3v) is 4.07. The first-order valence-corrected chi connectivity index (χ1v) is 7.76. The normalized spacial score (nSPS) is 11.2. The van der Waals surface area contributed by atoms with Crippen molar-refractivity contribution in [3.8, 4) is 0 Å². The van der Waals surface area contributed by atoms with Crippen molar-refractivity contribution in [2.75, 3.05) is 11.9 Å². The van der Waals surface area contributed by atoms with Crippen LogP contribution in [0, 0.1) is 0 Å². The molecule has 0 fully saturated rings. The minimum atomic E-state index is 0.499. The summed E-state index contributed by atoms with van der Waals surface area (Å²) in [7, 11) is 4.01. The molecule has 23 heavy (non-hydrogen) atoms. The van der Waals surface area contributed by atoms with Gasteiger partial charge in [-0.15, -0.1) is 10.2 Å². The zero-order chi connectivity index (χ0) is 16.4. The van der Waals surface area contributed by atoms with E-state index in [4.69, 9.17) is 0 Å². The predicted octanol–water partition coefficient (Wildman–Crippen LogP) is 3.02. The molecule has 3 aromatic rings. The molecule has 0 aliphatic carbocycles. The molecule has 0 atom stereocenters. The minimum Gasteiger partial charge on any atom is -0.314 e. The van der Waals surface area contributed by atoms with Crippen LogP contribution in [0.4, 0.5) is 11.6 Å². The second-order valence-corrected chi connectivity index (χ2v) is 6.04. The fraction of sp³-hybridized carbons (Fsp3) is 0.353. The lowest BCUT2D eigenvalue weighted by Crippen LogP contribution is -2.15. The highest BCUT2D eigenvalue weighted by atomic mass is 15.4. The minimum absolute atomic E-state index is 0.499. The van der Waals surface area contributed by atoms with Crippen molar-refractivity contribution >= 4 is 11.6 Å². The highest BCUT2D eigenvalue weighted by Crippen LogP contribution is 2.25. The highest BCUT2D eigenvalue weighted by molar-refractivity contribution is 5.58. The second-order valence-electron chi connectivity index (χ2n) is 6.04. The van der Waals surface area contributed by atoms with Crippen LogP contribution in [0.25, 0.3) is 0 Å². The molecule has 120 valence electrons. The van der Waals surface area contributed by atoms with Gasteiger partial charge in [0.1, 0.15) is 5.82 Å². The number of aromatic amines is 1. The topological polar surface area (TPSA) is 62.6 Å². The van der Waals surface area contributed by atoms with Crippen LogP contribution >= 0.6 is 0 Å². The molecule has 6 nitrogen and oxygen atoms in total. The Morgan fingerprint density at radius 2 is 2.04 bits per heavy atom. The number of nitrogens with one attached hydrogen (secondary N) is 1. The Morgan fingerprint density at radius 1 is 1.22 bits per heavy atom. The smallest absolute Gasteiger partial charge is 0.231 e. The first-order valence-electron chi connectivity index (χ1n) is 7.76. The molecule has 3 rings (SSSR count). The predicted molar refractivity (Wildman–Crippen MR) is 91.0 cm³/mol. The molecule has 2 aromatic heterocycles. The summed E-state index contributed by atoms with van der Waals surface area (Å²) in [5.41, 5.74) is 3.45. The lowest BCUT2D eigenvalue weighted by molar-refractivity contribution is 0.800. The molecular weight excluding hydrogens is 288 g/mol. The van der Waals surface area contributed by atoms with Gasteiger partial charge in [0.05, 0.1) is 0 Å². The molecule has 0 spiro atoms. The van der Waals surface area contributed by atoms with Crippen molar-refractivity contribution in [3.05, 3.63) is 53.6 Å². The zero-order valence-electron chi connectivity index (χ0n) is 14.0. The molecule has 0 saturated carbocycles. The van der Waals surface area contributed by atoms with Gasteiger partial charge < -0.3 is 4.90 Å². The van der Waals surface area contributed by atoms with Crippen LogP contribution in [0.5, 0.6) is 0 Å². The number of hydrogen-bond acceptors (Lipinski definition) is 4. The van der Waals surface area contributed by atoms with Crippen molar-refractivity contribution in [1.29, 1.82) is 0 Å². The van der Waals surface area contributed by atoms with Crippen molar-refractivity contribution in [1.82, 2.24) is 25.0 Å². The van der Waals surface area contributed by atoms with Crippen molar-refractivity contribution in [2.24, 2.45) is 7.05 Å². The van der Waals surface area contributed by atoms with Crippen molar-refractivity contribution < 1.29 is 0 Å². The Kier molecular flexibility index (Phi) is 4.14. The largest absolute Gasteiger partial charge is 0.314 e. The van der Waals surface area contributed by atoms with Crippen LogP contribution < -0.4 is 4.90 Å². The maximum atomic E-state index is 4.35. The van der Waals surface area contributed by atoms with E-state index < -0.39 is 0 Å². The number of aromatic nitrogens is 5. The molecular formula is C17H22N6. The van der Waals surface area contributed by atoms with Crippen molar-refractivity contribution in [3.63, 3.8) is 0 Å². The van der Waals surface area contributed by atoms with Gasteiger partial charge in [-0.3, -0.25) is 9.67 Å². The van der Waals surface area contributed by atoms with E-state index in [0.29, 0.717) is 12.3 Å². The Hall–Kier alpha value is -2.63. The third-order valence-electron chi connectivity index (χ3n) is 4.07. The molecule has 2 heterocycles. The van der Waals surface area contributed by atoms with Gasteiger partial charge in [0.15, 0.2) is 0 Å². The van der Waals surface area contributed by atoms with E-state index in [1.54, 1.807) is 6.20 Å². The molecule has 0 bridgehead atoms. The molecule has 0 saturated heterocycles. The van der Waals surface area contributed by atoms with Gasteiger partial charge in [0.25, 0.3) is 0 Å². The van der Waals surface area contributed by atoms with E-state index in [-0.39, 0.29) is 0 Å². The van der Waals surface area contributed by atoms with Crippen LogP contribution in [0.1, 0.15) is 36.8 Å². The summed E-state index contributed by atoms with van der Waals surface area (Å²) in [5, 5.41) is 15.6. The van der Waals surface area contributed by atoms with Crippen LogP contribution in [0.3, 0.4) is 0 Å². The average Bonchev–Trinajstić information content (AvgIpc) is 3.18. The summed E-state index contributed by atoms with van der Waals surface area (Å²) < 4.78 is 2.02. The van der Waals surface area contributed by atoms with Gasteiger partial charge in [-0.2, -0.15) is 5.10 Å². The van der Waals surface area contributed by atoms with Crippen LogP contribution in [0.15, 0.2) is 36.5 Å². The summed E-state index contributed by atoms with van der Waals surface area (Å²) in [5.74, 6) is 2.22. The first kappa shape index (κ1) is 15.3. The Balaban J connectivity index is 1.87. The van der Waals surface area contributed by atoms with E-state index in [2.05, 4.69) is 63.4 Å². The zero-order valence-corrected chi connectivity index (χ0v) is 14.0. The SMILES string of the molecule is CC(C)c1cccc(N(C)c2nnc(Cc3ccn[nH]3)n2C)c1. The first-order chi connectivity index (χ1) is 11.1. The Labute approximate surface area is 136 Å². The summed E-state index contributed by atoms with van der Waals surface area (Å²) in [4.78, 5) is 2.06. The van der Waals surface area contributed by atoms with Gasteiger partial charge in [-0.25, -0.2) is 0 Å². The quantitative estimate of drug-likeness (QED) is 0.787. The number of nitrogens with zero attached hydrogens (tertiary/aromatic N) is 5. The molecule has 0 unspecified atom stereocenters. The molecule has 0 aliphatic heterocycles. The van der Waals surface area contributed by atoms with Gasteiger partial charge in [-0.05, 0) is 29.7 Å². The molecule has 0 amide bonds. The van der Waals surface area contributed by atoms with E-state index in [1.807, 2.05) is 24.7 Å². The summed E-state index contributed by atoms with van der Waals surface area (Å²) in [6.45, 7) is 4.40. The number of hydrogen-bond donors (Lipinski definition) is 1. The van der Waals surface area contributed by atoms with E-state index in [0.717, 1.165) is 23.2 Å². The molecule has 1 aromatic carbocycles. The number of anilines is 2. The fourth-order valence-corrected chi connectivity index (χ4v) is 2.56. The summed E-state index contributed by atoms with van der Waals surface area (Å²) in [6.07, 6.45) is 2.43. The molecule has 1 N–H and O–H groups in total. The lowest BCUT2D eigenvalue weighted by Gasteiger charge is -2.19. The maximum Gasteiger partial charge on any atom is 0.231 e. The van der Waals surface area contributed by atoms with Crippen molar-refractivity contribution in [2.45, 2.75) is 26.2 Å². The molecule has 0 radical (unpaired) electrons. The highest BCUT2D eigenvalue weighted by Gasteiger charge is 2.15.